The van der Waals surface area contributed by atoms with Crippen LogP contribution in [0.3, 0.4) is 0 Å². The topological polar surface area (TPSA) is 64.7 Å². The average Bonchev–Trinajstić information content (AvgIpc) is 2.75. The molecule has 2 N–H and O–H groups in total. The molecule has 2 saturated heterocycles. The van der Waals surface area contributed by atoms with Crippen LogP contribution >= 0.6 is 0 Å². The average molecular weight is 401 g/mol. The first-order valence-corrected chi connectivity index (χ1v) is 11.2. The Morgan fingerprint density at radius 3 is 2.76 bits per heavy atom. The van der Waals surface area contributed by atoms with E-state index < -0.39 is 0 Å². The van der Waals surface area contributed by atoms with E-state index in [0.29, 0.717) is 31.2 Å². The lowest BCUT2D eigenvalue weighted by Crippen LogP contribution is -2.44. The van der Waals surface area contributed by atoms with Crippen molar-refractivity contribution in [3.63, 3.8) is 0 Å². The Balaban J connectivity index is 1.54. The number of hydrogen-bond donors (Lipinski definition) is 2. The Morgan fingerprint density at radius 2 is 1.97 bits per heavy atom. The molecule has 0 unspecified atom stereocenters. The minimum Gasteiger partial charge on any atom is -0.351 e. The summed E-state index contributed by atoms with van der Waals surface area (Å²) < 4.78 is 0. The molecular weight excluding hydrogens is 364 g/mol. The third kappa shape index (κ3) is 5.95. The van der Waals surface area contributed by atoms with Crippen molar-refractivity contribution in [1.82, 2.24) is 20.4 Å². The van der Waals surface area contributed by atoms with Crippen LogP contribution in [0.15, 0.2) is 24.3 Å². The molecule has 3 amide bonds. The summed E-state index contributed by atoms with van der Waals surface area (Å²) in [4.78, 5) is 29.2. The van der Waals surface area contributed by atoms with Gasteiger partial charge < -0.3 is 15.5 Å². The molecule has 2 aliphatic rings. The zero-order valence-electron chi connectivity index (χ0n) is 18.0. The van der Waals surface area contributed by atoms with E-state index in [0.717, 1.165) is 38.0 Å². The summed E-state index contributed by atoms with van der Waals surface area (Å²) in [6.45, 7) is 9.11. The lowest BCUT2D eigenvalue weighted by Gasteiger charge is -2.33. The van der Waals surface area contributed by atoms with Crippen molar-refractivity contribution < 1.29 is 9.59 Å². The fourth-order valence-electron chi connectivity index (χ4n) is 4.54. The van der Waals surface area contributed by atoms with Gasteiger partial charge in [-0.05, 0) is 63.8 Å². The summed E-state index contributed by atoms with van der Waals surface area (Å²) in [5, 5.41) is 5.97. The molecule has 2 heterocycles. The molecule has 3 rings (SSSR count). The number of carbonyl (C=O) groups excluding carboxylic acids is 2. The molecule has 2 fully saturated rings. The van der Waals surface area contributed by atoms with Gasteiger partial charge in [0, 0.05) is 50.2 Å². The van der Waals surface area contributed by atoms with E-state index in [1.54, 1.807) is 0 Å². The first-order valence-electron chi connectivity index (χ1n) is 11.2. The molecule has 1 aromatic carbocycles. The lowest BCUT2D eigenvalue weighted by atomic mass is 9.89. The third-order valence-corrected chi connectivity index (χ3v) is 6.28. The number of nitrogens with zero attached hydrogens (tertiary/aromatic N) is 2. The van der Waals surface area contributed by atoms with E-state index in [4.69, 9.17) is 0 Å². The summed E-state index contributed by atoms with van der Waals surface area (Å²) in [5.41, 5.74) is 1.86. The molecule has 0 bridgehead atoms. The fraction of sp³-hybridized carbons (Fsp3) is 0.652. The summed E-state index contributed by atoms with van der Waals surface area (Å²) >= 11 is 0. The van der Waals surface area contributed by atoms with Gasteiger partial charge in [-0.25, -0.2) is 4.79 Å². The summed E-state index contributed by atoms with van der Waals surface area (Å²) in [7, 11) is 0. The molecule has 1 aromatic rings. The van der Waals surface area contributed by atoms with Gasteiger partial charge in [-0.3, -0.25) is 9.69 Å². The Morgan fingerprint density at radius 1 is 1.10 bits per heavy atom. The number of rotatable bonds is 6. The number of nitrogens with one attached hydrogen (secondary N) is 2. The minimum absolute atomic E-state index is 0.00657. The van der Waals surface area contributed by atoms with Crippen LogP contribution in [0.2, 0.25) is 0 Å². The van der Waals surface area contributed by atoms with Crippen molar-refractivity contribution >= 4 is 11.9 Å². The monoisotopic (exact) mass is 400 g/mol. The van der Waals surface area contributed by atoms with Crippen LogP contribution in [0.5, 0.6) is 0 Å². The van der Waals surface area contributed by atoms with Gasteiger partial charge in [0.1, 0.15) is 0 Å². The van der Waals surface area contributed by atoms with Crippen molar-refractivity contribution in [2.24, 2.45) is 0 Å². The van der Waals surface area contributed by atoms with Crippen molar-refractivity contribution in [2.75, 3.05) is 39.3 Å². The van der Waals surface area contributed by atoms with Crippen molar-refractivity contribution in [3.8, 4) is 0 Å². The van der Waals surface area contributed by atoms with Gasteiger partial charge in [0.2, 0.25) is 0 Å². The van der Waals surface area contributed by atoms with Gasteiger partial charge in [-0.15, -0.1) is 0 Å². The van der Waals surface area contributed by atoms with E-state index in [9.17, 15) is 9.59 Å². The van der Waals surface area contributed by atoms with E-state index in [1.165, 1.54) is 19.3 Å². The van der Waals surface area contributed by atoms with E-state index in [2.05, 4.69) is 28.5 Å². The Bertz CT molecular complexity index is 693. The highest BCUT2D eigenvalue weighted by atomic mass is 16.2. The Kier molecular flexibility index (Phi) is 7.92. The standard InChI is InChI=1S/C23H36N4O2/c1-3-24-23(29)27-14-7-11-21(17-27)19-9-6-10-20(16-19)22(28)25-12-15-26-13-5-4-8-18(26)2/h6,9-10,16,18,21H,3-5,7-8,11-15,17H2,1-2H3,(H,24,29)(H,25,28)/t18-,21+/m0/s1. The number of benzene rings is 1. The molecule has 0 spiro atoms. The summed E-state index contributed by atoms with van der Waals surface area (Å²) in [6, 6.07) is 8.55. The van der Waals surface area contributed by atoms with Gasteiger partial charge in [-0.2, -0.15) is 0 Å². The first kappa shape index (κ1) is 21.6. The van der Waals surface area contributed by atoms with Crippen molar-refractivity contribution in [1.29, 1.82) is 0 Å². The molecular formula is C23H36N4O2. The van der Waals surface area contributed by atoms with Crippen LogP contribution in [0.4, 0.5) is 4.79 Å². The van der Waals surface area contributed by atoms with Crippen LogP contribution in [0, 0.1) is 0 Å². The molecule has 6 nitrogen and oxygen atoms in total. The Labute approximate surface area is 175 Å². The minimum atomic E-state index is -0.00657. The summed E-state index contributed by atoms with van der Waals surface area (Å²) in [5.74, 6) is 0.279. The van der Waals surface area contributed by atoms with Crippen LogP contribution < -0.4 is 10.6 Å². The smallest absolute Gasteiger partial charge is 0.317 e. The number of likely N-dealkylation sites (tertiary alicyclic amines) is 2. The van der Waals surface area contributed by atoms with Crippen LogP contribution in [0.25, 0.3) is 0 Å². The van der Waals surface area contributed by atoms with E-state index in [-0.39, 0.29) is 17.9 Å². The van der Waals surface area contributed by atoms with Gasteiger partial charge in [0.25, 0.3) is 5.91 Å². The van der Waals surface area contributed by atoms with Gasteiger partial charge in [0.15, 0.2) is 0 Å². The highest BCUT2D eigenvalue weighted by molar-refractivity contribution is 5.94. The normalized spacial score (nSPS) is 22.9. The zero-order chi connectivity index (χ0) is 20.6. The SMILES string of the molecule is CCNC(=O)N1CCC[C@@H](c2cccc(C(=O)NCCN3CCCC[C@@H]3C)c2)C1. The predicted molar refractivity (Wildman–Crippen MR) is 116 cm³/mol. The largest absolute Gasteiger partial charge is 0.351 e. The lowest BCUT2D eigenvalue weighted by molar-refractivity contribution is 0.0938. The molecule has 0 aliphatic carbocycles. The molecule has 2 aliphatic heterocycles. The maximum atomic E-state index is 12.7. The number of amides is 3. The molecule has 0 aromatic heterocycles. The predicted octanol–water partition coefficient (Wildman–Crippen LogP) is 3.20. The molecule has 2 atom stereocenters. The van der Waals surface area contributed by atoms with Crippen molar-refractivity contribution in [2.45, 2.75) is 57.9 Å². The maximum absolute atomic E-state index is 12.7. The second-order valence-corrected chi connectivity index (χ2v) is 8.38. The van der Waals surface area contributed by atoms with Crippen LogP contribution in [0.1, 0.15) is 67.8 Å². The number of hydrogen-bond acceptors (Lipinski definition) is 3. The second-order valence-electron chi connectivity index (χ2n) is 8.38. The highest BCUT2D eigenvalue weighted by Crippen LogP contribution is 2.27. The fourth-order valence-corrected chi connectivity index (χ4v) is 4.54. The summed E-state index contributed by atoms with van der Waals surface area (Å²) in [6.07, 6.45) is 5.87. The Hall–Kier alpha value is -2.08. The van der Waals surface area contributed by atoms with E-state index in [1.807, 2.05) is 30.0 Å². The van der Waals surface area contributed by atoms with Gasteiger partial charge >= 0.3 is 6.03 Å². The third-order valence-electron chi connectivity index (χ3n) is 6.28. The first-order chi connectivity index (χ1) is 14.1. The molecule has 0 saturated carbocycles. The van der Waals surface area contributed by atoms with Crippen molar-refractivity contribution in [3.05, 3.63) is 35.4 Å². The van der Waals surface area contributed by atoms with Crippen LogP contribution in [-0.4, -0.2) is 67.0 Å². The number of carbonyl (C=O) groups is 2. The van der Waals surface area contributed by atoms with Crippen LogP contribution in [-0.2, 0) is 0 Å². The van der Waals surface area contributed by atoms with Gasteiger partial charge in [0.05, 0.1) is 0 Å². The van der Waals surface area contributed by atoms with E-state index >= 15 is 0 Å². The highest BCUT2D eigenvalue weighted by Gasteiger charge is 2.25. The quantitative estimate of drug-likeness (QED) is 0.771. The number of urea groups is 1. The molecule has 29 heavy (non-hydrogen) atoms. The zero-order valence-corrected chi connectivity index (χ0v) is 18.0. The molecule has 6 heteroatoms. The molecule has 160 valence electrons. The molecule has 0 radical (unpaired) electrons. The number of piperidine rings is 2. The van der Waals surface area contributed by atoms with Gasteiger partial charge in [-0.1, -0.05) is 18.6 Å². The maximum Gasteiger partial charge on any atom is 0.317 e. The second kappa shape index (κ2) is 10.6.